The van der Waals surface area contributed by atoms with Crippen LogP contribution < -0.4 is 9.64 Å². The molecule has 3 heterocycles. The van der Waals surface area contributed by atoms with Gasteiger partial charge in [0.25, 0.3) is 5.78 Å². The number of carbonyl (C=O) groups excluding carboxylic acids is 2. The summed E-state index contributed by atoms with van der Waals surface area (Å²) < 4.78 is 6.16. The predicted molar refractivity (Wildman–Crippen MR) is 136 cm³/mol. The zero-order chi connectivity index (χ0) is 24.9. The zero-order valence-electron chi connectivity index (χ0n) is 18.5. The normalized spacial score (nSPS) is 17.4. The minimum atomic E-state index is -1.02. The van der Waals surface area contributed by atoms with Gasteiger partial charge in [-0.25, -0.2) is 4.98 Å². The molecule has 0 spiro atoms. The number of pyridine rings is 1. The molecule has 1 N–H and O–H groups in total. The Hall–Kier alpha value is -3.46. The van der Waals surface area contributed by atoms with Crippen LogP contribution in [0.15, 0.2) is 60.3 Å². The number of methoxy groups -OCH3 is 1. The Morgan fingerprint density at radius 1 is 1.14 bits per heavy atom. The molecule has 0 saturated carbocycles. The van der Waals surface area contributed by atoms with Gasteiger partial charge in [-0.2, -0.15) is 0 Å². The summed E-state index contributed by atoms with van der Waals surface area (Å²) in [6.45, 7) is 1.87. The zero-order valence-corrected chi connectivity index (χ0v) is 20.8. The fourth-order valence-electron chi connectivity index (χ4n) is 4.00. The number of amides is 1. The number of thiazole rings is 1. The molecule has 35 heavy (non-hydrogen) atoms. The number of Topliss-reactive ketones (excluding diaryl/α,β-unsaturated/α-hetero) is 1. The van der Waals surface area contributed by atoms with E-state index in [1.807, 2.05) is 13.0 Å². The number of aryl methyl sites for hydroxylation is 1. The molecule has 1 unspecified atom stereocenters. The predicted octanol–water partition coefficient (Wildman–Crippen LogP) is 5.94. The summed E-state index contributed by atoms with van der Waals surface area (Å²) in [6.07, 6.45) is 1.55. The number of fused-ring (bicyclic) bond motifs is 1. The Labute approximate surface area is 214 Å². The van der Waals surface area contributed by atoms with E-state index < -0.39 is 23.5 Å². The van der Waals surface area contributed by atoms with Gasteiger partial charge in [0.2, 0.25) is 0 Å². The topological polar surface area (TPSA) is 92.6 Å². The second-order valence-corrected chi connectivity index (χ2v) is 9.69. The molecule has 0 radical (unpaired) electrons. The number of halogens is 2. The third-order valence-corrected chi connectivity index (χ3v) is 7.35. The molecule has 1 atom stereocenters. The van der Waals surface area contributed by atoms with Crippen molar-refractivity contribution in [1.29, 1.82) is 0 Å². The number of benzene rings is 2. The van der Waals surface area contributed by atoms with Gasteiger partial charge < -0.3 is 9.84 Å². The van der Waals surface area contributed by atoms with E-state index >= 15 is 0 Å². The molecule has 1 fully saturated rings. The number of rotatable bonds is 4. The van der Waals surface area contributed by atoms with Gasteiger partial charge in [0.05, 0.1) is 34.2 Å². The Bertz CT molecular complexity index is 1500. The maximum absolute atomic E-state index is 13.4. The molecular weight excluding hydrogens is 509 g/mol. The number of aliphatic hydroxyl groups is 1. The van der Waals surface area contributed by atoms with Crippen molar-refractivity contribution in [2.75, 3.05) is 12.0 Å². The van der Waals surface area contributed by atoms with Crippen LogP contribution in [0.2, 0.25) is 10.0 Å². The third kappa shape index (κ3) is 3.93. The van der Waals surface area contributed by atoms with Crippen molar-refractivity contribution in [2.45, 2.75) is 13.0 Å². The highest BCUT2D eigenvalue weighted by Crippen LogP contribution is 2.45. The summed E-state index contributed by atoms with van der Waals surface area (Å²) in [5.41, 5.74) is 1.90. The van der Waals surface area contributed by atoms with Crippen LogP contribution in [0.3, 0.4) is 0 Å². The van der Waals surface area contributed by atoms with Crippen molar-refractivity contribution >= 4 is 67.3 Å². The Morgan fingerprint density at radius 2 is 1.94 bits per heavy atom. The molecule has 1 saturated heterocycles. The fraction of sp³-hybridized carbons (Fsp3) is 0.120. The molecule has 2 aromatic heterocycles. The van der Waals surface area contributed by atoms with E-state index in [1.54, 1.807) is 42.6 Å². The first-order valence-electron chi connectivity index (χ1n) is 10.4. The summed E-state index contributed by atoms with van der Waals surface area (Å²) in [7, 11) is 1.43. The van der Waals surface area contributed by atoms with Crippen LogP contribution >= 0.6 is 34.5 Å². The lowest BCUT2D eigenvalue weighted by Gasteiger charge is -2.22. The van der Waals surface area contributed by atoms with Crippen molar-refractivity contribution in [3.05, 3.63) is 87.2 Å². The van der Waals surface area contributed by atoms with E-state index in [-0.39, 0.29) is 16.3 Å². The highest BCUT2D eigenvalue weighted by molar-refractivity contribution is 7.22. The van der Waals surface area contributed by atoms with Gasteiger partial charge in [-0.1, -0.05) is 40.6 Å². The molecule has 5 rings (SSSR count). The van der Waals surface area contributed by atoms with Gasteiger partial charge in [0, 0.05) is 16.2 Å². The summed E-state index contributed by atoms with van der Waals surface area (Å²) in [5, 5.41) is 12.5. The van der Waals surface area contributed by atoms with Gasteiger partial charge in [0.1, 0.15) is 17.6 Å². The number of ether oxygens (including phenoxy) is 1. The SMILES string of the molecule is COc1ccc(Cl)cc1/C(O)=C1\C(=O)C(=O)N(c2nc3cc(Cl)c(C)cc3s2)C1c1ccccn1. The molecular formula is C25H17Cl2N3O4S. The van der Waals surface area contributed by atoms with Gasteiger partial charge in [0.15, 0.2) is 5.13 Å². The fourth-order valence-corrected chi connectivity index (χ4v) is 5.40. The highest BCUT2D eigenvalue weighted by atomic mass is 35.5. The number of nitrogens with zero attached hydrogens (tertiary/aromatic N) is 3. The van der Waals surface area contributed by atoms with Crippen molar-refractivity contribution < 1.29 is 19.4 Å². The van der Waals surface area contributed by atoms with E-state index in [0.29, 0.717) is 27.0 Å². The van der Waals surface area contributed by atoms with Crippen LogP contribution in [0.5, 0.6) is 5.75 Å². The van der Waals surface area contributed by atoms with E-state index in [0.717, 1.165) is 10.3 Å². The lowest BCUT2D eigenvalue weighted by atomic mass is 9.98. The number of ketones is 1. The summed E-state index contributed by atoms with van der Waals surface area (Å²) in [4.78, 5) is 36.9. The van der Waals surface area contributed by atoms with Gasteiger partial charge in [-0.15, -0.1) is 0 Å². The summed E-state index contributed by atoms with van der Waals surface area (Å²) in [6, 6.07) is 12.4. The summed E-state index contributed by atoms with van der Waals surface area (Å²) in [5.74, 6) is -1.82. The Morgan fingerprint density at radius 3 is 2.66 bits per heavy atom. The smallest absolute Gasteiger partial charge is 0.301 e. The second-order valence-electron chi connectivity index (χ2n) is 7.83. The minimum Gasteiger partial charge on any atom is -0.507 e. The van der Waals surface area contributed by atoms with Crippen LogP contribution in [0.1, 0.15) is 22.9 Å². The number of aliphatic hydroxyl groups excluding tert-OH is 1. The average Bonchev–Trinajstić information content (AvgIpc) is 3.37. The largest absolute Gasteiger partial charge is 0.507 e. The first-order valence-corrected chi connectivity index (χ1v) is 12.0. The maximum atomic E-state index is 13.4. The lowest BCUT2D eigenvalue weighted by molar-refractivity contribution is -0.132. The van der Waals surface area contributed by atoms with Gasteiger partial charge in [-0.3, -0.25) is 19.5 Å². The van der Waals surface area contributed by atoms with Gasteiger partial charge >= 0.3 is 5.91 Å². The highest BCUT2D eigenvalue weighted by Gasteiger charge is 2.49. The van der Waals surface area contributed by atoms with Crippen LogP contribution in [-0.4, -0.2) is 33.9 Å². The average molecular weight is 526 g/mol. The number of aromatic nitrogens is 2. The molecule has 0 aliphatic carbocycles. The molecule has 176 valence electrons. The second kappa shape index (κ2) is 8.96. The van der Waals surface area contributed by atoms with Crippen LogP contribution in [0, 0.1) is 6.92 Å². The molecule has 1 aliphatic heterocycles. The number of hydrogen-bond acceptors (Lipinski definition) is 7. The monoisotopic (exact) mass is 525 g/mol. The molecule has 2 aromatic carbocycles. The van der Waals surface area contributed by atoms with Crippen LogP contribution in [-0.2, 0) is 9.59 Å². The molecule has 1 amide bonds. The standard InChI is InChI=1S/C25H17Cl2N3O4S/c1-12-9-19-17(11-15(12)27)29-25(35-19)30-21(16-5-3-4-8-28-16)20(23(32)24(30)33)22(31)14-10-13(26)6-7-18(14)34-2/h3-11,21,31H,1-2H3/b22-20+. The molecule has 4 aromatic rings. The lowest BCUT2D eigenvalue weighted by Crippen LogP contribution is -2.29. The summed E-state index contributed by atoms with van der Waals surface area (Å²) >= 11 is 13.7. The van der Waals surface area contributed by atoms with Crippen LogP contribution in [0.25, 0.3) is 16.0 Å². The van der Waals surface area contributed by atoms with E-state index in [9.17, 15) is 14.7 Å². The third-order valence-electron chi connectivity index (χ3n) is 5.69. The quantitative estimate of drug-likeness (QED) is 0.201. The van der Waals surface area contributed by atoms with E-state index in [2.05, 4.69) is 9.97 Å². The number of hydrogen-bond donors (Lipinski definition) is 1. The maximum Gasteiger partial charge on any atom is 0.301 e. The molecule has 1 aliphatic rings. The first kappa shape index (κ1) is 23.3. The Kier molecular flexibility index (Phi) is 5.96. The van der Waals surface area contributed by atoms with E-state index in [4.69, 9.17) is 27.9 Å². The minimum absolute atomic E-state index is 0.136. The number of carbonyl (C=O) groups is 2. The molecule has 10 heteroatoms. The first-order chi connectivity index (χ1) is 16.8. The van der Waals surface area contributed by atoms with Crippen molar-refractivity contribution in [1.82, 2.24) is 9.97 Å². The number of anilines is 1. The Balaban J connectivity index is 1.75. The molecule has 7 nitrogen and oxygen atoms in total. The van der Waals surface area contributed by atoms with Crippen molar-refractivity contribution in [3.63, 3.8) is 0 Å². The van der Waals surface area contributed by atoms with Gasteiger partial charge in [-0.05, 0) is 55.0 Å². The van der Waals surface area contributed by atoms with E-state index in [1.165, 1.54) is 29.4 Å². The molecule has 0 bridgehead atoms. The van der Waals surface area contributed by atoms with Crippen molar-refractivity contribution in [2.24, 2.45) is 0 Å². The van der Waals surface area contributed by atoms with Crippen LogP contribution in [0.4, 0.5) is 5.13 Å². The van der Waals surface area contributed by atoms with Crippen molar-refractivity contribution in [3.8, 4) is 5.75 Å².